The number of halogens is 1. The van der Waals surface area contributed by atoms with E-state index in [2.05, 4.69) is 20.9 Å². The molecule has 0 bridgehead atoms. The summed E-state index contributed by atoms with van der Waals surface area (Å²) in [4.78, 5) is 30.4. The molecule has 1 aromatic rings. The predicted molar refractivity (Wildman–Crippen MR) is 121 cm³/mol. The molecule has 0 spiro atoms. The Kier molecular flexibility index (Phi) is 11.3. The summed E-state index contributed by atoms with van der Waals surface area (Å²) < 4.78 is 5.12. The minimum absolute atomic E-state index is 0. The third-order valence-corrected chi connectivity index (χ3v) is 4.21. The molecule has 0 aromatic heterocycles. The Balaban J connectivity index is 0.00000392. The predicted octanol–water partition coefficient (Wildman–Crippen LogP) is 1.22. The highest BCUT2D eigenvalue weighted by Crippen LogP contribution is 2.12. The van der Waals surface area contributed by atoms with Crippen molar-refractivity contribution in [2.24, 2.45) is 4.99 Å². The van der Waals surface area contributed by atoms with Crippen molar-refractivity contribution in [1.82, 2.24) is 20.9 Å². The lowest BCUT2D eigenvalue weighted by atomic mass is 10.2. The summed E-state index contributed by atoms with van der Waals surface area (Å²) in [7, 11) is 1.57. The minimum atomic E-state index is -0.165. The maximum Gasteiger partial charge on any atom is 0.251 e. The maximum atomic E-state index is 12.2. The summed E-state index contributed by atoms with van der Waals surface area (Å²) in [6.45, 7) is 5.37. The molecule has 2 rings (SSSR count). The highest BCUT2D eigenvalue weighted by molar-refractivity contribution is 14.0. The molecule has 3 N–H and O–H groups in total. The first-order valence-corrected chi connectivity index (χ1v) is 9.36. The third kappa shape index (κ3) is 7.91. The fourth-order valence-electron chi connectivity index (χ4n) is 2.78. The Morgan fingerprint density at radius 1 is 1.14 bits per heavy atom. The normalized spacial score (nSPS) is 13.5. The standard InChI is InChI=1S/C19H29N5O3.HI/c1-3-20-19(23-14-17(25)24-11-4-5-12-24)22-10-9-21-18(26)15-7-6-8-16(13-15)27-2;/h6-8,13H,3-5,9-12,14H2,1-2H3,(H,21,26)(H2,20,22,23);1H. The summed E-state index contributed by atoms with van der Waals surface area (Å²) in [6.07, 6.45) is 2.14. The molecule has 1 aromatic carbocycles. The van der Waals surface area contributed by atoms with Crippen LogP contribution in [0.25, 0.3) is 0 Å². The number of guanidine groups is 1. The molecular weight excluding hydrogens is 473 g/mol. The minimum Gasteiger partial charge on any atom is -0.497 e. The number of rotatable bonds is 8. The number of aliphatic imine (C=N–C) groups is 1. The zero-order chi connectivity index (χ0) is 19.5. The van der Waals surface area contributed by atoms with E-state index in [0.717, 1.165) is 25.9 Å². The average Bonchev–Trinajstić information content (AvgIpc) is 3.23. The molecular formula is C19H30IN5O3. The van der Waals surface area contributed by atoms with Crippen molar-refractivity contribution in [1.29, 1.82) is 0 Å². The molecule has 1 heterocycles. The number of hydrogen-bond acceptors (Lipinski definition) is 4. The van der Waals surface area contributed by atoms with Crippen LogP contribution in [0.5, 0.6) is 5.75 Å². The van der Waals surface area contributed by atoms with E-state index in [9.17, 15) is 9.59 Å². The van der Waals surface area contributed by atoms with Gasteiger partial charge in [-0.25, -0.2) is 4.99 Å². The van der Waals surface area contributed by atoms with Gasteiger partial charge in [0.1, 0.15) is 12.3 Å². The molecule has 2 amide bonds. The van der Waals surface area contributed by atoms with Crippen LogP contribution >= 0.6 is 24.0 Å². The Morgan fingerprint density at radius 3 is 2.54 bits per heavy atom. The number of nitrogens with zero attached hydrogens (tertiary/aromatic N) is 2. The van der Waals surface area contributed by atoms with E-state index < -0.39 is 0 Å². The van der Waals surface area contributed by atoms with Gasteiger partial charge in [-0.2, -0.15) is 0 Å². The second-order valence-electron chi connectivity index (χ2n) is 6.20. The van der Waals surface area contributed by atoms with Gasteiger partial charge in [-0.05, 0) is 38.0 Å². The van der Waals surface area contributed by atoms with E-state index in [0.29, 0.717) is 36.9 Å². The van der Waals surface area contributed by atoms with Gasteiger partial charge in [0.25, 0.3) is 5.91 Å². The molecule has 0 unspecified atom stereocenters. The third-order valence-electron chi connectivity index (χ3n) is 4.21. The van der Waals surface area contributed by atoms with Gasteiger partial charge in [-0.15, -0.1) is 24.0 Å². The van der Waals surface area contributed by atoms with E-state index in [4.69, 9.17) is 4.74 Å². The largest absolute Gasteiger partial charge is 0.497 e. The summed E-state index contributed by atoms with van der Waals surface area (Å²) in [5.74, 6) is 1.10. The van der Waals surface area contributed by atoms with Crippen LogP contribution in [-0.2, 0) is 4.79 Å². The fraction of sp³-hybridized carbons (Fsp3) is 0.526. The topological polar surface area (TPSA) is 95.1 Å². The van der Waals surface area contributed by atoms with Crippen LogP contribution in [0.2, 0.25) is 0 Å². The number of ether oxygens (including phenoxy) is 1. The van der Waals surface area contributed by atoms with E-state index in [1.807, 2.05) is 11.8 Å². The molecule has 1 saturated heterocycles. The first-order chi connectivity index (χ1) is 13.1. The van der Waals surface area contributed by atoms with Gasteiger partial charge >= 0.3 is 0 Å². The average molecular weight is 503 g/mol. The molecule has 0 atom stereocenters. The van der Waals surface area contributed by atoms with E-state index in [-0.39, 0.29) is 42.3 Å². The van der Waals surface area contributed by atoms with Crippen molar-refractivity contribution in [2.45, 2.75) is 19.8 Å². The van der Waals surface area contributed by atoms with Gasteiger partial charge < -0.3 is 25.6 Å². The number of hydrogen-bond donors (Lipinski definition) is 3. The van der Waals surface area contributed by atoms with Crippen molar-refractivity contribution in [3.8, 4) is 5.75 Å². The van der Waals surface area contributed by atoms with Gasteiger partial charge in [0.2, 0.25) is 5.91 Å². The number of carbonyl (C=O) groups excluding carboxylic acids is 2. The van der Waals surface area contributed by atoms with E-state index in [1.54, 1.807) is 31.4 Å². The maximum absolute atomic E-state index is 12.2. The molecule has 0 radical (unpaired) electrons. The molecule has 1 aliphatic rings. The number of amides is 2. The smallest absolute Gasteiger partial charge is 0.251 e. The summed E-state index contributed by atoms with van der Waals surface area (Å²) >= 11 is 0. The van der Waals surface area contributed by atoms with Crippen molar-refractivity contribution in [3.05, 3.63) is 29.8 Å². The van der Waals surface area contributed by atoms with E-state index in [1.165, 1.54) is 0 Å². The monoisotopic (exact) mass is 503 g/mol. The van der Waals surface area contributed by atoms with Crippen LogP contribution in [0.1, 0.15) is 30.1 Å². The van der Waals surface area contributed by atoms with Gasteiger partial charge in [0.05, 0.1) is 7.11 Å². The molecule has 156 valence electrons. The lowest BCUT2D eigenvalue weighted by Crippen LogP contribution is -2.42. The van der Waals surface area contributed by atoms with Crippen LogP contribution in [0.4, 0.5) is 0 Å². The van der Waals surface area contributed by atoms with Crippen LogP contribution in [0.3, 0.4) is 0 Å². The second kappa shape index (κ2) is 13.2. The number of benzene rings is 1. The molecule has 8 nitrogen and oxygen atoms in total. The van der Waals surface area contributed by atoms with Crippen LogP contribution in [0.15, 0.2) is 29.3 Å². The zero-order valence-electron chi connectivity index (χ0n) is 16.5. The Bertz CT molecular complexity index is 663. The Morgan fingerprint density at radius 2 is 1.86 bits per heavy atom. The zero-order valence-corrected chi connectivity index (χ0v) is 18.8. The quantitative estimate of drug-likeness (QED) is 0.215. The lowest BCUT2D eigenvalue weighted by molar-refractivity contribution is -0.128. The number of methoxy groups -OCH3 is 1. The Labute approximate surface area is 183 Å². The first kappa shape index (κ1) is 24.0. The van der Waals surface area contributed by atoms with Crippen LogP contribution < -0.4 is 20.7 Å². The SMILES string of the molecule is CCNC(=NCC(=O)N1CCCC1)NCCNC(=O)c1cccc(OC)c1.I. The number of likely N-dealkylation sites (tertiary alicyclic amines) is 1. The van der Waals surface area contributed by atoms with Crippen molar-refractivity contribution >= 4 is 41.8 Å². The molecule has 0 saturated carbocycles. The molecule has 0 aliphatic carbocycles. The second-order valence-corrected chi connectivity index (χ2v) is 6.20. The number of carbonyl (C=O) groups is 2. The highest BCUT2D eigenvalue weighted by atomic mass is 127. The first-order valence-electron chi connectivity index (χ1n) is 9.36. The fourth-order valence-corrected chi connectivity index (χ4v) is 2.78. The van der Waals surface area contributed by atoms with Gasteiger partial charge in [-0.1, -0.05) is 6.07 Å². The lowest BCUT2D eigenvalue weighted by Gasteiger charge is -2.15. The molecule has 28 heavy (non-hydrogen) atoms. The number of nitrogens with one attached hydrogen (secondary N) is 3. The van der Waals surface area contributed by atoms with Crippen molar-refractivity contribution < 1.29 is 14.3 Å². The van der Waals surface area contributed by atoms with Gasteiger partial charge in [0.15, 0.2) is 5.96 Å². The summed E-state index contributed by atoms with van der Waals surface area (Å²) in [6, 6.07) is 7.00. The molecule has 9 heteroatoms. The molecule has 1 aliphatic heterocycles. The van der Waals surface area contributed by atoms with E-state index >= 15 is 0 Å². The van der Waals surface area contributed by atoms with Crippen molar-refractivity contribution in [2.75, 3.05) is 46.4 Å². The van der Waals surface area contributed by atoms with Crippen LogP contribution in [-0.4, -0.2) is 69.1 Å². The summed E-state index contributed by atoms with van der Waals surface area (Å²) in [5.41, 5.74) is 0.547. The Hall–Kier alpha value is -2.04. The van der Waals surface area contributed by atoms with Gasteiger partial charge in [0, 0.05) is 38.3 Å². The highest BCUT2D eigenvalue weighted by Gasteiger charge is 2.17. The van der Waals surface area contributed by atoms with Crippen molar-refractivity contribution in [3.63, 3.8) is 0 Å². The van der Waals surface area contributed by atoms with Crippen LogP contribution in [0, 0.1) is 0 Å². The summed E-state index contributed by atoms with van der Waals surface area (Å²) in [5, 5.41) is 9.07. The van der Waals surface area contributed by atoms with Gasteiger partial charge in [-0.3, -0.25) is 9.59 Å². The molecule has 1 fully saturated rings.